The molecule has 0 radical (unpaired) electrons. The van der Waals surface area contributed by atoms with Gasteiger partial charge in [0.15, 0.2) is 0 Å². The maximum Gasteiger partial charge on any atom is 0.393 e. The molecule has 0 heterocycles. The van der Waals surface area contributed by atoms with Crippen LogP contribution in [0.1, 0.15) is 6.42 Å². The van der Waals surface area contributed by atoms with E-state index in [0.717, 1.165) is 0 Å². The predicted octanol–water partition coefficient (Wildman–Crippen LogP) is 1.62. The van der Waals surface area contributed by atoms with Crippen molar-refractivity contribution in [2.75, 3.05) is 20.6 Å². The summed E-state index contributed by atoms with van der Waals surface area (Å²) in [6.07, 6.45) is -5.32. The third-order valence-corrected chi connectivity index (χ3v) is 1.47. The van der Waals surface area contributed by atoms with Crippen molar-refractivity contribution in [2.24, 2.45) is 5.92 Å². The first-order valence-corrected chi connectivity index (χ1v) is 3.66. The largest absolute Gasteiger partial charge is 0.481 e. The fraction of sp³-hybridized carbons (Fsp3) is 0.857. The zero-order valence-corrected chi connectivity index (χ0v) is 8.65. The van der Waals surface area contributed by atoms with Gasteiger partial charge in [0.05, 0.1) is 12.3 Å². The summed E-state index contributed by atoms with van der Waals surface area (Å²) in [5.41, 5.74) is 0. The van der Waals surface area contributed by atoms with Crippen molar-refractivity contribution < 1.29 is 23.1 Å². The number of carboxylic acids is 1. The van der Waals surface area contributed by atoms with Gasteiger partial charge in [-0.2, -0.15) is 13.2 Å². The van der Waals surface area contributed by atoms with Crippen molar-refractivity contribution >= 4 is 18.4 Å². The van der Waals surface area contributed by atoms with E-state index >= 15 is 0 Å². The van der Waals surface area contributed by atoms with Gasteiger partial charge in [0, 0.05) is 6.54 Å². The summed E-state index contributed by atoms with van der Waals surface area (Å²) in [6, 6.07) is 0. The summed E-state index contributed by atoms with van der Waals surface area (Å²) in [5, 5.41) is 8.24. The van der Waals surface area contributed by atoms with Crippen LogP contribution in [0.3, 0.4) is 0 Å². The lowest BCUT2D eigenvalue weighted by atomic mass is 10.1. The lowest BCUT2D eigenvalue weighted by Gasteiger charge is -2.21. The molecule has 0 saturated carbocycles. The number of halogens is 4. The molecule has 1 N–H and O–H groups in total. The van der Waals surface area contributed by atoms with Crippen molar-refractivity contribution in [3.8, 4) is 0 Å². The minimum absolute atomic E-state index is 0. The topological polar surface area (TPSA) is 40.5 Å². The Hall–Kier alpha value is -0.490. The van der Waals surface area contributed by atoms with Crippen LogP contribution in [-0.4, -0.2) is 42.8 Å². The molecule has 0 fully saturated rings. The SMILES string of the molecule is CN(C)CC(CC(=O)O)C(F)(F)F.Cl. The third kappa shape index (κ3) is 6.97. The summed E-state index contributed by atoms with van der Waals surface area (Å²) >= 11 is 0. The van der Waals surface area contributed by atoms with Gasteiger partial charge in [0.1, 0.15) is 0 Å². The van der Waals surface area contributed by atoms with Gasteiger partial charge >= 0.3 is 12.1 Å². The number of rotatable bonds is 4. The van der Waals surface area contributed by atoms with Crippen LogP contribution in [0.5, 0.6) is 0 Å². The number of carboxylic acid groups (broad SMARTS) is 1. The second-order valence-corrected chi connectivity index (χ2v) is 3.10. The first-order valence-electron chi connectivity index (χ1n) is 3.66. The maximum absolute atomic E-state index is 12.2. The monoisotopic (exact) mass is 235 g/mol. The maximum atomic E-state index is 12.2. The van der Waals surface area contributed by atoms with Crippen molar-refractivity contribution in [3.05, 3.63) is 0 Å². The molecular weight excluding hydrogens is 223 g/mol. The molecule has 14 heavy (non-hydrogen) atoms. The van der Waals surface area contributed by atoms with E-state index in [0.29, 0.717) is 0 Å². The molecule has 0 aliphatic rings. The van der Waals surface area contributed by atoms with Gasteiger partial charge in [0.25, 0.3) is 0 Å². The van der Waals surface area contributed by atoms with E-state index in [1.807, 2.05) is 0 Å². The van der Waals surface area contributed by atoms with Crippen LogP contribution in [0.4, 0.5) is 13.2 Å². The van der Waals surface area contributed by atoms with Crippen LogP contribution < -0.4 is 0 Å². The lowest BCUT2D eigenvalue weighted by Crippen LogP contribution is -2.34. The van der Waals surface area contributed by atoms with Crippen LogP contribution in [-0.2, 0) is 4.79 Å². The second-order valence-electron chi connectivity index (χ2n) is 3.10. The number of carbonyl (C=O) groups is 1. The molecule has 0 aromatic heterocycles. The number of aliphatic carboxylic acids is 1. The van der Waals surface area contributed by atoms with E-state index in [1.165, 1.54) is 19.0 Å². The Labute approximate surface area is 86.3 Å². The summed E-state index contributed by atoms with van der Waals surface area (Å²) in [6.45, 7) is -0.296. The Balaban J connectivity index is 0. The van der Waals surface area contributed by atoms with Crippen molar-refractivity contribution in [3.63, 3.8) is 0 Å². The zero-order valence-electron chi connectivity index (χ0n) is 7.84. The van der Waals surface area contributed by atoms with E-state index in [1.54, 1.807) is 0 Å². The highest BCUT2D eigenvalue weighted by Gasteiger charge is 2.40. The summed E-state index contributed by atoms with van der Waals surface area (Å²) in [5.74, 6) is -3.22. The molecule has 0 spiro atoms. The van der Waals surface area contributed by atoms with Gasteiger partial charge in [-0.3, -0.25) is 4.79 Å². The van der Waals surface area contributed by atoms with Crippen LogP contribution in [0.25, 0.3) is 0 Å². The van der Waals surface area contributed by atoms with Crippen LogP contribution in [0.2, 0.25) is 0 Å². The number of hydrogen-bond acceptors (Lipinski definition) is 2. The molecule has 0 saturated heterocycles. The van der Waals surface area contributed by atoms with Gasteiger partial charge in [-0.1, -0.05) is 0 Å². The summed E-state index contributed by atoms with van der Waals surface area (Å²) < 4.78 is 36.5. The van der Waals surface area contributed by atoms with Crippen molar-refractivity contribution in [2.45, 2.75) is 12.6 Å². The van der Waals surface area contributed by atoms with E-state index < -0.39 is 24.5 Å². The minimum Gasteiger partial charge on any atom is -0.481 e. The smallest absolute Gasteiger partial charge is 0.393 e. The van der Waals surface area contributed by atoms with Crippen molar-refractivity contribution in [1.29, 1.82) is 0 Å². The minimum atomic E-state index is -4.44. The van der Waals surface area contributed by atoms with Gasteiger partial charge < -0.3 is 10.0 Å². The van der Waals surface area contributed by atoms with Gasteiger partial charge in [-0.25, -0.2) is 0 Å². The second kappa shape index (κ2) is 6.08. The van der Waals surface area contributed by atoms with E-state index in [9.17, 15) is 18.0 Å². The fourth-order valence-electron chi connectivity index (χ4n) is 0.935. The van der Waals surface area contributed by atoms with E-state index in [2.05, 4.69) is 0 Å². The van der Waals surface area contributed by atoms with Gasteiger partial charge in [0.2, 0.25) is 0 Å². The first-order chi connectivity index (χ1) is 5.73. The molecule has 0 bridgehead atoms. The Morgan fingerprint density at radius 1 is 1.43 bits per heavy atom. The molecule has 1 atom stereocenters. The molecule has 0 aliphatic heterocycles. The van der Waals surface area contributed by atoms with Gasteiger partial charge in [-0.05, 0) is 14.1 Å². The lowest BCUT2D eigenvalue weighted by molar-refractivity contribution is -0.185. The Morgan fingerprint density at radius 3 is 2.07 bits per heavy atom. The molecule has 0 aromatic carbocycles. The fourth-order valence-corrected chi connectivity index (χ4v) is 0.935. The zero-order chi connectivity index (χ0) is 10.6. The molecule has 0 rings (SSSR count). The molecule has 7 heteroatoms. The summed E-state index contributed by atoms with van der Waals surface area (Å²) in [4.78, 5) is 11.4. The number of nitrogens with zero attached hydrogens (tertiary/aromatic N) is 1. The number of alkyl halides is 3. The average Bonchev–Trinajstić information content (AvgIpc) is 1.81. The highest BCUT2D eigenvalue weighted by molar-refractivity contribution is 5.85. The molecule has 0 aromatic rings. The Bertz CT molecular complexity index is 184. The van der Waals surface area contributed by atoms with Crippen LogP contribution >= 0.6 is 12.4 Å². The molecule has 3 nitrogen and oxygen atoms in total. The third-order valence-electron chi connectivity index (χ3n) is 1.47. The quantitative estimate of drug-likeness (QED) is 0.805. The van der Waals surface area contributed by atoms with Crippen molar-refractivity contribution in [1.82, 2.24) is 4.90 Å². The number of hydrogen-bond donors (Lipinski definition) is 1. The van der Waals surface area contributed by atoms with Crippen LogP contribution in [0, 0.1) is 5.92 Å². The van der Waals surface area contributed by atoms with E-state index in [4.69, 9.17) is 5.11 Å². The normalized spacial score (nSPS) is 13.6. The summed E-state index contributed by atoms with van der Waals surface area (Å²) in [7, 11) is 2.95. The molecule has 0 aliphatic carbocycles. The Morgan fingerprint density at radius 2 is 1.86 bits per heavy atom. The van der Waals surface area contributed by atoms with E-state index in [-0.39, 0.29) is 19.0 Å². The molecular formula is C7H13ClF3NO2. The molecule has 1 unspecified atom stereocenters. The standard InChI is InChI=1S/C7H12F3NO2.ClH/c1-11(2)4-5(3-6(12)13)7(8,9)10;/h5H,3-4H2,1-2H3,(H,12,13);1H. The average molecular weight is 236 g/mol. The Kier molecular flexibility index (Phi) is 6.93. The molecule has 0 amide bonds. The predicted molar refractivity (Wildman–Crippen MR) is 47.6 cm³/mol. The van der Waals surface area contributed by atoms with Crippen LogP contribution in [0.15, 0.2) is 0 Å². The van der Waals surface area contributed by atoms with Gasteiger partial charge in [-0.15, -0.1) is 12.4 Å². The highest BCUT2D eigenvalue weighted by Crippen LogP contribution is 2.29. The molecule has 86 valence electrons. The first kappa shape index (κ1) is 16.0. The highest BCUT2D eigenvalue weighted by atomic mass is 35.5.